The Morgan fingerprint density at radius 3 is 2.89 bits per heavy atom. The van der Waals surface area contributed by atoms with Gasteiger partial charge in [-0.1, -0.05) is 0 Å². The summed E-state index contributed by atoms with van der Waals surface area (Å²) in [6, 6.07) is 4.57. The molecule has 0 aliphatic rings. The maximum atomic E-state index is 11.9. The van der Waals surface area contributed by atoms with Gasteiger partial charge in [0.15, 0.2) is 5.69 Å². The van der Waals surface area contributed by atoms with E-state index in [1.165, 1.54) is 18.3 Å². The third-order valence-electron chi connectivity index (χ3n) is 2.01. The molecular weight excluding hydrogens is 254 g/mol. The van der Waals surface area contributed by atoms with Crippen molar-refractivity contribution in [3.8, 4) is 6.07 Å². The Kier molecular flexibility index (Phi) is 5.22. The molecule has 98 valence electrons. The van der Waals surface area contributed by atoms with Gasteiger partial charge in [0, 0.05) is 12.7 Å². The van der Waals surface area contributed by atoms with E-state index >= 15 is 0 Å². The van der Waals surface area contributed by atoms with Crippen molar-refractivity contribution in [2.24, 2.45) is 0 Å². The second kappa shape index (κ2) is 6.44. The smallest absolute Gasteiger partial charge is 0.243 e. The summed E-state index contributed by atoms with van der Waals surface area (Å²) in [5.41, 5.74) is -0.116. The van der Waals surface area contributed by atoms with Crippen molar-refractivity contribution < 1.29 is 13.2 Å². The van der Waals surface area contributed by atoms with Crippen LogP contribution in [0.25, 0.3) is 0 Å². The number of sulfonamides is 1. The van der Waals surface area contributed by atoms with Crippen molar-refractivity contribution >= 4 is 10.0 Å². The average molecular weight is 269 g/mol. The Balaban J connectivity index is 2.72. The van der Waals surface area contributed by atoms with E-state index in [2.05, 4.69) is 9.71 Å². The Labute approximate surface area is 107 Å². The average Bonchev–Trinajstić information content (AvgIpc) is 2.34. The fourth-order valence-electron chi connectivity index (χ4n) is 1.24. The fraction of sp³-hybridized carbons (Fsp3) is 0.455. The van der Waals surface area contributed by atoms with Gasteiger partial charge in [0.2, 0.25) is 10.0 Å². The van der Waals surface area contributed by atoms with Crippen LogP contribution in [0.3, 0.4) is 0 Å². The maximum absolute atomic E-state index is 11.9. The second-order valence-electron chi connectivity index (χ2n) is 3.78. The van der Waals surface area contributed by atoms with Gasteiger partial charge in [-0.25, -0.2) is 18.1 Å². The van der Waals surface area contributed by atoms with Crippen molar-refractivity contribution in [1.82, 2.24) is 9.71 Å². The van der Waals surface area contributed by atoms with Crippen LogP contribution in [0.1, 0.15) is 19.5 Å². The Morgan fingerprint density at radius 1 is 1.56 bits per heavy atom. The number of nitriles is 1. The van der Waals surface area contributed by atoms with E-state index < -0.39 is 10.0 Å². The molecule has 7 heteroatoms. The largest absolute Gasteiger partial charge is 0.377 e. The zero-order valence-corrected chi connectivity index (χ0v) is 11.1. The van der Waals surface area contributed by atoms with Crippen LogP contribution in [0.2, 0.25) is 0 Å². The predicted molar refractivity (Wildman–Crippen MR) is 65.2 cm³/mol. The van der Waals surface area contributed by atoms with Gasteiger partial charge in [0.1, 0.15) is 11.0 Å². The lowest BCUT2D eigenvalue weighted by atomic mass is 10.4. The number of rotatable bonds is 6. The molecule has 0 aliphatic carbocycles. The highest BCUT2D eigenvalue weighted by molar-refractivity contribution is 7.89. The van der Waals surface area contributed by atoms with E-state index in [1.54, 1.807) is 6.07 Å². The van der Waals surface area contributed by atoms with Gasteiger partial charge in [-0.2, -0.15) is 5.26 Å². The lowest BCUT2D eigenvalue weighted by Crippen LogP contribution is -2.29. The summed E-state index contributed by atoms with van der Waals surface area (Å²) in [7, 11) is -3.72. The van der Waals surface area contributed by atoms with E-state index in [1.807, 2.05) is 13.8 Å². The summed E-state index contributed by atoms with van der Waals surface area (Å²) >= 11 is 0. The van der Waals surface area contributed by atoms with Crippen molar-refractivity contribution in [2.75, 3.05) is 13.2 Å². The van der Waals surface area contributed by atoms with E-state index in [9.17, 15) is 8.42 Å². The molecule has 0 bridgehead atoms. The third kappa shape index (κ3) is 4.07. The Bertz CT molecular complexity index is 535. The van der Waals surface area contributed by atoms with E-state index in [-0.39, 0.29) is 29.8 Å². The maximum Gasteiger partial charge on any atom is 0.243 e. The quantitative estimate of drug-likeness (QED) is 0.766. The third-order valence-corrected chi connectivity index (χ3v) is 3.50. The second-order valence-corrected chi connectivity index (χ2v) is 5.51. The number of pyridine rings is 1. The molecule has 0 aliphatic heterocycles. The lowest BCUT2D eigenvalue weighted by molar-refractivity contribution is 0.0834. The molecule has 0 saturated carbocycles. The summed E-state index contributed by atoms with van der Waals surface area (Å²) in [4.78, 5) is 3.59. The molecule has 0 unspecified atom stereocenters. The van der Waals surface area contributed by atoms with E-state index in [0.29, 0.717) is 0 Å². The van der Waals surface area contributed by atoms with Crippen LogP contribution in [0.5, 0.6) is 0 Å². The molecule has 0 fully saturated rings. The normalized spacial score (nSPS) is 11.4. The number of hydrogen-bond donors (Lipinski definition) is 1. The summed E-state index contributed by atoms with van der Waals surface area (Å²) in [6.07, 6.45) is 1.42. The molecule has 0 atom stereocenters. The topological polar surface area (TPSA) is 92.1 Å². The van der Waals surface area contributed by atoms with Crippen LogP contribution in [-0.4, -0.2) is 32.7 Å². The monoisotopic (exact) mass is 269 g/mol. The highest BCUT2D eigenvalue weighted by Crippen LogP contribution is 2.11. The van der Waals surface area contributed by atoms with Crippen molar-refractivity contribution in [3.63, 3.8) is 0 Å². The molecular formula is C11H15N3O3S. The Morgan fingerprint density at radius 2 is 2.28 bits per heavy atom. The van der Waals surface area contributed by atoms with Crippen molar-refractivity contribution in [3.05, 3.63) is 24.0 Å². The fourth-order valence-corrected chi connectivity index (χ4v) is 2.36. The first-order chi connectivity index (χ1) is 8.47. The van der Waals surface area contributed by atoms with Gasteiger partial charge in [-0.3, -0.25) is 0 Å². The number of hydrogen-bond acceptors (Lipinski definition) is 5. The van der Waals surface area contributed by atoms with Crippen LogP contribution in [0.4, 0.5) is 0 Å². The first-order valence-corrected chi connectivity index (χ1v) is 6.92. The SMILES string of the molecule is CC(C)OCCNS(=O)(=O)c1cccnc1C#N. The van der Waals surface area contributed by atoms with Crippen LogP contribution >= 0.6 is 0 Å². The molecule has 18 heavy (non-hydrogen) atoms. The highest BCUT2D eigenvalue weighted by Gasteiger charge is 2.18. The molecule has 0 aromatic carbocycles. The predicted octanol–water partition coefficient (Wildman–Crippen LogP) is 0.657. The van der Waals surface area contributed by atoms with Gasteiger partial charge >= 0.3 is 0 Å². The molecule has 0 amide bonds. The van der Waals surface area contributed by atoms with Crippen molar-refractivity contribution in [1.29, 1.82) is 5.26 Å². The summed E-state index contributed by atoms with van der Waals surface area (Å²) in [5.74, 6) is 0. The first kappa shape index (κ1) is 14.6. The molecule has 0 saturated heterocycles. The summed E-state index contributed by atoms with van der Waals surface area (Å²) in [5, 5.41) is 8.80. The number of aromatic nitrogens is 1. The molecule has 0 radical (unpaired) electrons. The Hall–Kier alpha value is -1.49. The van der Waals surface area contributed by atoms with Gasteiger partial charge in [0.25, 0.3) is 0 Å². The molecule has 1 N–H and O–H groups in total. The van der Waals surface area contributed by atoms with Crippen LogP contribution in [0.15, 0.2) is 23.2 Å². The van der Waals surface area contributed by atoms with Crippen LogP contribution < -0.4 is 4.72 Å². The van der Waals surface area contributed by atoms with Gasteiger partial charge in [0.05, 0.1) is 12.7 Å². The first-order valence-electron chi connectivity index (χ1n) is 5.43. The van der Waals surface area contributed by atoms with E-state index in [0.717, 1.165) is 0 Å². The zero-order chi connectivity index (χ0) is 13.6. The number of nitrogens with one attached hydrogen (secondary N) is 1. The minimum atomic E-state index is -3.72. The zero-order valence-electron chi connectivity index (χ0n) is 10.3. The number of nitrogens with zero attached hydrogens (tertiary/aromatic N) is 2. The van der Waals surface area contributed by atoms with Gasteiger partial charge < -0.3 is 4.74 Å². The molecule has 1 heterocycles. The summed E-state index contributed by atoms with van der Waals surface area (Å²) < 4.78 is 31.4. The number of ether oxygens (including phenoxy) is 1. The van der Waals surface area contributed by atoms with Crippen molar-refractivity contribution in [2.45, 2.75) is 24.8 Å². The minimum Gasteiger partial charge on any atom is -0.377 e. The van der Waals surface area contributed by atoms with Gasteiger partial charge in [-0.05, 0) is 26.0 Å². The van der Waals surface area contributed by atoms with Crippen LogP contribution in [0, 0.1) is 11.3 Å². The molecule has 0 spiro atoms. The van der Waals surface area contributed by atoms with E-state index in [4.69, 9.17) is 10.00 Å². The molecule has 1 rings (SSSR count). The highest BCUT2D eigenvalue weighted by atomic mass is 32.2. The molecule has 6 nitrogen and oxygen atoms in total. The molecule has 1 aromatic heterocycles. The van der Waals surface area contributed by atoms with Gasteiger partial charge in [-0.15, -0.1) is 0 Å². The van der Waals surface area contributed by atoms with Crippen LogP contribution in [-0.2, 0) is 14.8 Å². The lowest BCUT2D eigenvalue weighted by Gasteiger charge is -2.09. The molecule has 1 aromatic rings. The standard InChI is InChI=1S/C11H15N3O3S/c1-9(2)17-7-6-14-18(15,16)11-4-3-5-13-10(11)8-12/h3-5,9,14H,6-7H2,1-2H3. The minimum absolute atomic E-state index is 0.0440. The summed E-state index contributed by atoms with van der Waals surface area (Å²) in [6.45, 7) is 4.16.